The summed E-state index contributed by atoms with van der Waals surface area (Å²) >= 11 is 0. The zero-order chi connectivity index (χ0) is 19.5. The van der Waals surface area contributed by atoms with Crippen molar-refractivity contribution in [2.24, 2.45) is 11.8 Å². The van der Waals surface area contributed by atoms with Gasteiger partial charge in [-0.05, 0) is 64.1 Å². The van der Waals surface area contributed by atoms with Gasteiger partial charge in [0.25, 0.3) is 0 Å². The van der Waals surface area contributed by atoms with E-state index in [0.717, 1.165) is 38.8 Å². The van der Waals surface area contributed by atoms with Gasteiger partial charge in [-0.1, -0.05) is 0 Å². The Hall–Kier alpha value is -0.320. The predicted molar refractivity (Wildman–Crippen MR) is 112 cm³/mol. The molecule has 4 unspecified atom stereocenters. The third kappa shape index (κ3) is 4.96. The van der Waals surface area contributed by atoms with E-state index in [-0.39, 0.29) is 12.4 Å². The van der Waals surface area contributed by atoms with Crippen LogP contribution in [-0.2, 0) is 9.57 Å². The maximum atomic E-state index is 6.10. The second-order valence-corrected chi connectivity index (χ2v) is 9.61. The van der Waals surface area contributed by atoms with E-state index in [9.17, 15) is 0 Å². The van der Waals surface area contributed by atoms with Crippen LogP contribution in [0.5, 0.6) is 0 Å². The molecule has 0 saturated carbocycles. The van der Waals surface area contributed by atoms with Crippen LogP contribution in [0.25, 0.3) is 0 Å². The van der Waals surface area contributed by atoms with Crippen molar-refractivity contribution in [3.8, 4) is 0 Å². The molecule has 5 aliphatic heterocycles. The minimum absolute atomic E-state index is 0.126. The predicted octanol–water partition coefficient (Wildman–Crippen LogP) is -0.115. The van der Waals surface area contributed by atoms with Crippen LogP contribution < -0.4 is 21.4 Å². The molecule has 5 rings (SSSR count). The lowest BCUT2D eigenvalue weighted by Crippen LogP contribution is -2.57. The molecule has 0 aromatic carbocycles. The first kappa shape index (κ1) is 20.6. The summed E-state index contributed by atoms with van der Waals surface area (Å²) in [6.07, 6.45) is 8.54. The van der Waals surface area contributed by atoms with Crippen molar-refractivity contribution in [2.75, 3.05) is 59.0 Å². The third-order valence-electron chi connectivity index (χ3n) is 7.77. The average molecular weight is 409 g/mol. The van der Waals surface area contributed by atoms with Crippen LogP contribution in [0.15, 0.2) is 0 Å². The molecule has 0 spiro atoms. The number of morpholine rings is 1. The summed E-state index contributed by atoms with van der Waals surface area (Å²) in [6, 6.07) is 0.514. The first-order valence-electron chi connectivity index (χ1n) is 12.0. The highest BCUT2D eigenvalue weighted by Crippen LogP contribution is 2.28. The molecule has 0 amide bonds. The Labute approximate surface area is 175 Å². The smallest absolute Gasteiger partial charge is 0.146 e. The molecule has 5 fully saturated rings. The van der Waals surface area contributed by atoms with Crippen LogP contribution in [0.4, 0.5) is 0 Å². The Morgan fingerprint density at radius 2 is 1.79 bits per heavy atom. The van der Waals surface area contributed by atoms with Gasteiger partial charge >= 0.3 is 0 Å². The van der Waals surface area contributed by atoms with Crippen LogP contribution in [0.1, 0.15) is 38.5 Å². The fourth-order valence-electron chi connectivity index (χ4n) is 5.98. The molecule has 0 aromatic heterocycles. The van der Waals surface area contributed by atoms with Gasteiger partial charge in [-0.2, -0.15) is 5.48 Å². The second-order valence-electron chi connectivity index (χ2n) is 9.61. The Balaban J connectivity index is 1.09. The number of likely N-dealkylation sites (tertiary alicyclic amines) is 1. The number of nitrogens with one attached hydrogen (secondary N) is 4. The molecule has 8 nitrogen and oxygen atoms in total. The van der Waals surface area contributed by atoms with E-state index in [2.05, 4.69) is 31.2 Å². The lowest BCUT2D eigenvalue weighted by Gasteiger charge is -2.40. The second kappa shape index (κ2) is 9.87. The minimum Gasteiger partial charge on any atom is -0.379 e. The highest BCUT2D eigenvalue weighted by molar-refractivity contribution is 4.92. The topological polar surface area (TPSA) is 73.1 Å². The van der Waals surface area contributed by atoms with Crippen molar-refractivity contribution < 1.29 is 9.57 Å². The molecule has 0 radical (unpaired) electrons. The van der Waals surface area contributed by atoms with Crippen LogP contribution >= 0.6 is 0 Å². The lowest BCUT2D eigenvalue weighted by molar-refractivity contribution is -0.0287. The first-order valence-corrected chi connectivity index (χ1v) is 12.0. The number of hydroxylamine groups is 1. The summed E-state index contributed by atoms with van der Waals surface area (Å²) in [7, 11) is 0. The summed E-state index contributed by atoms with van der Waals surface area (Å²) < 4.78 is 5.50. The van der Waals surface area contributed by atoms with Crippen LogP contribution in [0, 0.1) is 11.8 Å². The van der Waals surface area contributed by atoms with Gasteiger partial charge in [-0.25, -0.2) is 0 Å². The lowest BCUT2D eigenvalue weighted by atomic mass is 9.94. The molecule has 5 saturated heterocycles. The van der Waals surface area contributed by atoms with E-state index in [4.69, 9.17) is 9.57 Å². The zero-order valence-corrected chi connectivity index (χ0v) is 17.8. The number of piperidine rings is 2. The van der Waals surface area contributed by atoms with Gasteiger partial charge in [-0.15, -0.1) is 0 Å². The van der Waals surface area contributed by atoms with Crippen LogP contribution in [-0.4, -0.2) is 93.4 Å². The highest BCUT2D eigenvalue weighted by Gasteiger charge is 2.41. The zero-order valence-electron chi connectivity index (χ0n) is 17.8. The largest absolute Gasteiger partial charge is 0.379 e. The number of ether oxygens (including phenoxy) is 1. The van der Waals surface area contributed by atoms with E-state index in [1.165, 1.54) is 64.7 Å². The summed E-state index contributed by atoms with van der Waals surface area (Å²) in [6.45, 7) is 9.75. The fraction of sp³-hybridized carbons (Fsp3) is 1.00. The molecule has 5 heterocycles. The SMILES string of the molecule is C1C[C@H](C2NC(C3CCC(N4CCOCC4)NC3)NO2)N(CC2CCNCC2)C1. The molecule has 8 heteroatoms. The van der Waals surface area contributed by atoms with Crippen LogP contribution in [0.2, 0.25) is 0 Å². The van der Waals surface area contributed by atoms with E-state index in [1.807, 2.05) is 0 Å². The molecule has 29 heavy (non-hydrogen) atoms. The van der Waals surface area contributed by atoms with E-state index >= 15 is 0 Å². The van der Waals surface area contributed by atoms with Crippen molar-refractivity contribution in [3.05, 3.63) is 0 Å². The highest BCUT2D eigenvalue weighted by atomic mass is 16.7. The van der Waals surface area contributed by atoms with Gasteiger partial charge in [0.2, 0.25) is 0 Å². The van der Waals surface area contributed by atoms with Gasteiger partial charge in [0.05, 0.1) is 31.6 Å². The van der Waals surface area contributed by atoms with Gasteiger partial charge in [-0.3, -0.25) is 20.0 Å². The van der Waals surface area contributed by atoms with Crippen molar-refractivity contribution >= 4 is 0 Å². The Morgan fingerprint density at radius 3 is 2.59 bits per heavy atom. The Kier molecular flexibility index (Phi) is 7.00. The van der Waals surface area contributed by atoms with Gasteiger partial charge in [0, 0.05) is 32.1 Å². The van der Waals surface area contributed by atoms with Gasteiger partial charge in [0.15, 0.2) is 0 Å². The molecule has 4 N–H and O–H groups in total. The maximum Gasteiger partial charge on any atom is 0.146 e. The van der Waals surface area contributed by atoms with Crippen molar-refractivity contribution in [2.45, 2.75) is 63.1 Å². The monoisotopic (exact) mass is 408 g/mol. The van der Waals surface area contributed by atoms with Crippen molar-refractivity contribution in [1.29, 1.82) is 0 Å². The average Bonchev–Trinajstić information content (AvgIpc) is 3.45. The number of hydrogen-bond donors (Lipinski definition) is 4. The number of rotatable bonds is 5. The van der Waals surface area contributed by atoms with E-state index < -0.39 is 0 Å². The Bertz CT molecular complexity index is 505. The van der Waals surface area contributed by atoms with E-state index in [0.29, 0.717) is 18.1 Å². The molecule has 0 aliphatic carbocycles. The summed E-state index contributed by atoms with van der Waals surface area (Å²) in [4.78, 5) is 11.3. The maximum absolute atomic E-state index is 6.10. The van der Waals surface area contributed by atoms with Crippen molar-refractivity contribution in [3.63, 3.8) is 0 Å². The van der Waals surface area contributed by atoms with Gasteiger partial charge < -0.3 is 15.4 Å². The quantitative estimate of drug-likeness (QED) is 0.502. The Morgan fingerprint density at radius 1 is 0.931 bits per heavy atom. The van der Waals surface area contributed by atoms with E-state index in [1.54, 1.807) is 0 Å². The normalized spacial score (nSPS) is 41.2. The molecule has 0 bridgehead atoms. The molecule has 5 atom stereocenters. The standard InChI is InChI=1S/C21H40N6O2/c1-2-18(27(9-1)15-16-5-7-22-8-6-16)21-24-20(25-29-21)17-3-4-19(23-14-17)26-10-12-28-13-11-26/h16-25H,1-15H2/t17?,18-,19?,20?,21?/m1/s1. The molecule has 5 aliphatic rings. The fourth-order valence-corrected chi connectivity index (χ4v) is 5.98. The summed E-state index contributed by atoms with van der Waals surface area (Å²) in [5, 5.41) is 11.1. The third-order valence-corrected chi connectivity index (χ3v) is 7.77. The van der Waals surface area contributed by atoms with Gasteiger partial charge in [0.1, 0.15) is 6.23 Å². The first-order chi connectivity index (χ1) is 14.4. The van der Waals surface area contributed by atoms with Crippen molar-refractivity contribution in [1.82, 2.24) is 31.2 Å². The number of hydrogen-bond acceptors (Lipinski definition) is 8. The number of nitrogens with zero attached hydrogens (tertiary/aromatic N) is 2. The molecular formula is C21H40N6O2. The minimum atomic E-state index is 0.126. The summed E-state index contributed by atoms with van der Waals surface area (Å²) in [5.41, 5.74) is 3.35. The summed E-state index contributed by atoms with van der Waals surface area (Å²) in [5.74, 6) is 1.43. The molecule has 0 aromatic rings. The molecule has 166 valence electrons. The molecular weight excluding hydrogens is 368 g/mol. The van der Waals surface area contributed by atoms with Crippen LogP contribution in [0.3, 0.4) is 0 Å².